The van der Waals surface area contributed by atoms with Crippen LogP contribution in [0.5, 0.6) is 0 Å². The summed E-state index contributed by atoms with van der Waals surface area (Å²) in [5.74, 6) is 0. The number of nitrogens with zero attached hydrogens (tertiary/aromatic N) is 2. The number of hydrogen-bond donors (Lipinski definition) is 2. The molecule has 0 unspecified atom stereocenters. The van der Waals surface area contributed by atoms with Crippen molar-refractivity contribution in [3.63, 3.8) is 0 Å². The van der Waals surface area contributed by atoms with Crippen LogP contribution in [0, 0.1) is 20.2 Å². The first-order valence-corrected chi connectivity index (χ1v) is 5.40. The van der Waals surface area contributed by atoms with E-state index in [1.54, 1.807) is 0 Å². The molecule has 20 heavy (non-hydrogen) atoms. The first-order chi connectivity index (χ1) is 9.40. The zero-order valence-electron chi connectivity index (χ0n) is 10.3. The van der Waals surface area contributed by atoms with Gasteiger partial charge >= 0.3 is 0 Å². The molecule has 2 aromatic rings. The zero-order valence-corrected chi connectivity index (χ0v) is 10.3. The Bertz CT molecular complexity index is 540. The molecule has 8 heteroatoms. The number of non-ortho nitro benzene ring substituents is 2. The molecule has 0 amide bonds. The molecular weight excluding hydrogens is 264 g/mol. The third kappa shape index (κ3) is 4.61. The largest absolute Gasteiger partial charge is 0.399 e. The third-order valence-corrected chi connectivity index (χ3v) is 2.21. The van der Waals surface area contributed by atoms with Gasteiger partial charge in [-0.3, -0.25) is 20.2 Å². The lowest BCUT2D eigenvalue weighted by Crippen LogP contribution is -1.88. The van der Waals surface area contributed by atoms with Gasteiger partial charge < -0.3 is 11.5 Å². The van der Waals surface area contributed by atoms with E-state index in [0.717, 1.165) is 0 Å². The summed E-state index contributed by atoms with van der Waals surface area (Å²) >= 11 is 0. The Balaban J connectivity index is 0.000000200. The molecule has 0 aliphatic carbocycles. The van der Waals surface area contributed by atoms with Crippen molar-refractivity contribution in [3.05, 3.63) is 68.8 Å². The van der Waals surface area contributed by atoms with Crippen LogP contribution < -0.4 is 11.5 Å². The number of benzene rings is 2. The van der Waals surface area contributed by atoms with Crippen molar-refractivity contribution in [3.8, 4) is 0 Å². The van der Waals surface area contributed by atoms with Gasteiger partial charge in [-0.1, -0.05) is 0 Å². The van der Waals surface area contributed by atoms with Gasteiger partial charge in [-0.05, 0) is 24.3 Å². The van der Waals surface area contributed by atoms with Crippen LogP contribution in [0.3, 0.4) is 0 Å². The predicted molar refractivity (Wildman–Crippen MR) is 75.0 cm³/mol. The standard InChI is InChI=1S/2C6H6N2O2/c2*7-5-1-3-6(4-2-5)8(9)10/h2*1-4H,7H2. The van der Waals surface area contributed by atoms with E-state index < -0.39 is 9.85 Å². The van der Waals surface area contributed by atoms with E-state index in [0.29, 0.717) is 11.4 Å². The number of nitro benzene ring substituents is 2. The molecule has 8 nitrogen and oxygen atoms in total. The van der Waals surface area contributed by atoms with Crippen LogP contribution in [0.4, 0.5) is 22.7 Å². The van der Waals surface area contributed by atoms with E-state index in [1.165, 1.54) is 48.5 Å². The first-order valence-electron chi connectivity index (χ1n) is 5.40. The van der Waals surface area contributed by atoms with Crippen molar-refractivity contribution >= 4 is 22.7 Å². The summed E-state index contributed by atoms with van der Waals surface area (Å²) in [6.45, 7) is 0. The summed E-state index contributed by atoms with van der Waals surface area (Å²) < 4.78 is 0. The van der Waals surface area contributed by atoms with Crippen LogP contribution in [0.2, 0.25) is 0 Å². The molecule has 0 aromatic heterocycles. The molecular formula is C12H12N4O4. The molecule has 0 radical (unpaired) electrons. The van der Waals surface area contributed by atoms with Gasteiger partial charge in [0.25, 0.3) is 11.4 Å². The number of hydrogen-bond acceptors (Lipinski definition) is 6. The lowest BCUT2D eigenvalue weighted by atomic mass is 10.3. The van der Waals surface area contributed by atoms with E-state index in [9.17, 15) is 20.2 Å². The second-order valence-corrected chi connectivity index (χ2v) is 3.70. The van der Waals surface area contributed by atoms with E-state index in [1.807, 2.05) is 0 Å². The van der Waals surface area contributed by atoms with Crippen LogP contribution in [-0.4, -0.2) is 9.85 Å². The van der Waals surface area contributed by atoms with Crippen LogP contribution in [0.25, 0.3) is 0 Å². The van der Waals surface area contributed by atoms with Crippen molar-refractivity contribution in [1.29, 1.82) is 0 Å². The Labute approximate surface area is 113 Å². The van der Waals surface area contributed by atoms with Gasteiger partial charge in [-0.15, -0.1) is 0 Å². The van der Waals surface area contributed by atoms with Gasteiger partial charge in [0.15, 0.2) is 0 Å². The third-order valence-electron chi connectivity index (χ3n) is 2.21. The second-order valence-electron chi connectivity index (χ2n) is 3.70. The number of rotatable bonds is 2. The topological polar surface area (TPSA) is 138 Å². The zero-order chi connectivity index (χ0) is 15.1. The Hall–Kier alpha value is -3.16. The number of anilines is 2. The van der Waals surface area contributed by atoms with Crippen molar-refractivity contribution in [1.82, 2.24) is 0 Å². The summed E-state index contributed by atoms with van der Waals surface area (Å²) in [4.78, 5) is 19.2. The fourth-order valence-electron chi connectivity index (χ4n) is 1.19. The SMILES string of the molecule is Nc1ccc([N+](=O)[O-])cc1.Nc1ccc([N+](=O)[O-])cc1. The molecule has 104 valence electrons. The quantitative estimate of drug-likeness (QED) is 0.490. The molecule has 0 heterocycles. The van der Waals surface area contributed by atoms with E-state index >= 15 is 0 Å². The molecule has 0 bridgehead atoms. The highest BCUT2D eigenvalue weighted by molar-refractivity contribution is 5.45. The fourth-order valence-corrected chi connectivity index (χ4v) is 1.19. The minimum Gasteiger partial charge on any atom is -0.399 e. The lowest BCUT2D eigenvalue weighted by Gasteiger charge is -1.90. The van der Waals surface area contributed by atoms with Gasteiger partial charge in [0.05, 0.1) is 9.85 Å². The fraction of sp³-hybridized carbons (Fsp3) is 0. The second kappa shape index (κ2) is 6.69. The summed E-state index contributed by atoms with van der Waals surface area (Å²) in [5, 5.41) is 20.2. The molecule has 0 spiro atoms. The highest BCUT2D eigenvalue weighted by Gasteiger charge is 2.01. The van der Waals surface area contributed by atoms with Crippen molar-refractivity contribution < 1.29 is 9.85 Å². The van der Waals surface area contributed by atoms with E-state index in [4.69, 9.17) is 11.5 Å². The molecule has 0 atom stereocenters. The molecule has 2 aromatic carbocycles. The smallest absolute Gasteiger partial charge is 0.269 e. The monoisotopic (exact) mass is 276 g/mol. The first kappa shape index (κ1) is 14.9. The maximum atomic E-state index is 10.1. The van der Waals surface area contributed by atoms with Gasteiger partial charge in [-0.25, -0.2) is 0 Å². The van der Waals surface area contributed by atoms with Crippen molar-refractivity contribution in [2.45, 2.75) is 0 Å². The number of nitrogen functional groups attached to an aromatic ring is 2. The number of nitro groups is 2. The summed E-state index contributed by atoms with van der Waals surface area (Å²) in [5.41, 5.74) is 11.8. The average molecular weight is 276 g/mol. The van der Waals surface area contributed by atoms with Crippen LogP contribution in [-0.2, 0) is 0 Å². The Kier molecular flexibility index (Phi) is 4.98. The summed E-state index contributed by atoms with van der Waals surface area (Å²) in [7, 11) is 0. The van der Waals surface area contributed by atoms with Gasteiger partial charge in [-0.2, -0.15) is 0 Å². The van der Waals surface area contributed by atoms with E-state index in [2.05, 4.69) is 0 Å². The molecule has 0 aliphatic rings. The highest BCUT2D eigenvalue weighted by Crippen LogP contribution is 2.12. The molecule has 4 N–H and O–H groups in total. The van der Waals surface area contributed by atoms with Crippen LogP contribution >= 0.6 is 0 Å². The lowest BCUT2D eigenvalue weighted by molar-refractivity contribution is -0.385. The Morgan fingerprint density at radius 3 is 1.10 bits per heavy atom. The average Bonchev–Trinajstić information content (AvgIpc) is 2.40. The Morgan fingerprint density at radius 2 is 0.900 bits per heavy atom. The summed E-state index contributed by atoms with van der Waals surface area (Å²) in [6, 6.07) is 11.5. The maximum absolute atomic E-state index is 10.1. The van der Waals surface area contributed by atoms with Crippen molar-refractivity contribution in [2.75, 3.05) is 11.5 Å². The number of nitrogens with two attached hydrogens (primary N) is 2. The van der Waals surface area contributed by atoms with Crippen molar-refractivity contribution in [2.24, 2.45) is 0 Å². The highest BCUT2D eigenvalue weighted by atomic mass is 16.6. The van der Waals surface area contributed by atoms with Gasteiger partial charge in [0.1, 0.15) is 0 Å². The molecule has 2 rings (SSSR count). The molecule has 0 saturated heterocycles. The van der Waals surface area contributed by atoms with Gasteiger partial charge in [0, 0.05) is 35.6 Å². The van der Waals surface area contributed by atoms with Gasteiger partial charge in [0.2, 0.25) is 0 Å². The summed E-state index contributed by atoms with van der Waals surface area (Å²) in [6.07, 6.45) is 0. The molecule has 0 aliphatic heterocycles. The maximum Gasteiger partial charge on any atom is 0.269 e. The Morgan fingerprint density at radius 1 is 0.650 bits per heavy atom. The predicted octanol–water partition coefficient (Wildman–Crippen LogP) is 2.35. The minimum absolute atomic E-state index is 0.0641. The van der Waals surface area contributed by atoms with Crippen LogP contribution in [0.1, 0.15) is 0 Å². The molecule has 0 fully saturated rings. The van der Waals surface area contributed by atoms with E-state index in [-0.39, 0.29) is 11.4 Å². The molecule has 0 saturated carbocycles. The van der Waals surface area contributed by atoms with Crippen LogP contribution in [0.15, 0.2) is 48.5 Å². The normalized spacial score (nSPS) is 9.20. The minimum atomic E-state index is -0.459.